The number of carbonyl (C=O) groups excluding carboxylic acids is 1. The first-order valence-corrected chi connectivity index (χ1v) is 14.2. The van der Waals surface area contributed by atoms with Crippen molar-refractivity contribution in [2.24, 2.45) is 0 Å². The third-order valence-electron chi connectivity index (χ3n) is 6.74. The molecule has 1 aromatic heterocycles. The number of halogens is 4. The van der Waals surface area contributed by atoms with Crippen molar-refractivity contribution in [1.29, 1.82) is 0 Å². The summed E-state index contributed by atoms with van der Waals surface area (Å²) in [6.07, 6.45) is 0. The van der Waals surface area contributed by atoms with Gasteiger partial charge in [0.05, 0.1) is 16.1 Å². The van der Waals surface area contributed by atoms with Gasteiger partial charge in [0.2, 0.25) is 5.91 Å². The van der Waals surface area contributed by atoms with E-state index in [-0.39, 0.29) is 6.54 Å². The van der Waals surface area contributed by atoms with E-state index in [9.17, 15) is 9.90 Å². The van der Waals surface area contributed by atoms with Crippen LogP contribution in [0.4, 0.5) is 0 Å². The third kappa shape index (κ3) is 6.13. The molecule has 5 rings (SSSR count). The van der Waals surface area contributed by atoms with Crippen molar-refractivity contribution in [3.63, 3.8) is 0 Å². The molecule has 0 saturated carbocycles. The molecule has 6 nitrogen and oxygen atoms in total. The minimum Gasteiger partial charge on any atom is -0.378 e. The summed E-state index contributed by atoms with van der Waals surface area (Å²) in [5.41, 5.74) is 1.79. The predicted octanol–water partition coefficient (Wildman–Crippen LogP) is 7.67. The monoisotopic (exact) mass is 624 g/mol. The zero-order valence-electron chi connectivity index (χ0n) is 21.7. The van der Waals surface area contributed by atoms with Crippen molar-refractivity contribution in [2.75, 3.05) is 0 Å². The number of carbonyl (C=O) groups is 1. The van der Waals surface area contributed by atoms with E-state index in [2.05, 4.69) is 15.5 Å². The molecule has 0 aliphatic heterocycles. The molecule has 0 spiro atoms. The van der Waals surface area contributed by atoms with E-state index in [0.29, 0.717) is 53.7 Å². The second-order valence-electron chi connectivity index (χ2n) is 9.46. The van der Waals surface area contributed by atoms with Gasteiger partial charge in [-0.3, -0.25) is 4.79 Å². The van der Waals surface area contributed by atoms with Gasteiger partial charge in [0.1, 0.15) is 23.5 Å². The summed E-state index contributed by atoms with van der Waals surface area (Å²) in [7, 11) is 0. The summed E-state index contributed by atoms with van der Waals surface area (Å²) < 4.78 is 0. The zero-order chi connectivity index (χ0) is 29.1. The summed E-state index contributed by atoms with van der Waals surface area (Å²) in [5, 5.41) is 25.8. The van der Waals surface area contributed by atoms with Gasteiger partial charge in [-0.2, -0.15) is 15.0 Å². The van der Waals surface area contributed by atoms with Crippen molar-refractivity contribution in [3.8, 4) is 22.5 Å². The molecule has 0 aliphatic carbocycles. The molecule has 0 fully saturated rings. The van der Waals surface area contributed by atoms with Gasteiger partial charge < -0.3 is 10.4 Å². The maximum absolute atomic E-state index is 13.3. The average Bonchev–Trinajstić information content (AvgIpc) is 3.36. The van der Waals surface area contributed by atoms with Crippen molar-refractivity contribution < 1.29 is 9.90 Å². The van der Waals surface area contributed by atoms with Crippen LogP contribution in [0.15, 0.2) is 97.1 Å². The van der Waals surface area contributed by atoms with Gasteiger partial charge in [-0.25, -0.2) is 0 Å². The first kappa shape index (κ1) is 29.1. The van der Waals surface area contributed by atoms with E-state index < -0.39 is 17.6 Å². The molecule has 0 aliphatic rings. The maximum atomic E-state index is 13.3. The van der Waals surface area contributed by atoms with Crippen LogP contribution in [0.2, 0.25) is 20.1 Å². The van der Waals surface area contributed by atoms with Gasteiger partial charge >= 0.3 is 0 Å². The molecule has 5 aromatic rings. The molecular formula is C31H24Cl4N4O2. The van der Waals surface area contributed by atoms with Gasteiger partial charge in [-0.15, -0.1) is 0 Å². The van der Waals surface area contributed by atoms with E-state index in [0.717, 1.165) is 0 Å². The molecule has 4 aromatic carbocycles. The minimum absolute atomic E-state index is 0.229. The molecule has 1 amide bonds. The quantitative estimate of drug-likeness (QED) is 0.185. The highest BCUT2D eigenvalue weighted by Crippen LogP contribution is 2.38. The summed E-state index contributed by atoms with van der Waals surface area (Å²) in [6.45, 7) is 1.53. The topological polar surface area (TPSA) is 80.0 Å². The van der Waals surface area contributed by atoms with Gasteiger partial charge in [0, 0.05) is 21.2 Å². The van der Waals surface area contributed by atoms with Crippen LogP contribution in [0.25, 0.3) is 22.5 Å². The summed E-state index contributed by atoms with van der Waals surface area (Å²) >= 11 is 25.3. The standard InChI is InChI=1S/C31H24Cl4N4O2/c1-19(31(41,20-8-4-2-5-9-20)21-10-6-3-7-11-21)36-28(40)18-39-37-29(24-14-12-22(32)16-26(24)34)30(38-39)25-15-13-23(33)17-27(25)35/h2-17,19,41H,18H2,1H3,(H,36,40)/t19-/m0/s1. The van der Waals surface area contributed by atoms with Crippen LogP contribution in [-0.2, 0) is 16.9 Å². The summed E-state index contributed by atoms with van der Waals surface area (Å²) in [5.74, 6) is -0.403. The van der Waals surface area contributed by atoms with E-state index in [1.165, 1.54) is 4.80 Å². The lowest BCUT2D eigenvalue weighted by Gasteiger charge is -2.35. The molecule has 41 heavy (non-hydrogen) atoms. The predicted molar refractivity (Wildman–Crippen MR) is 164 cm³/mol. The minimum atomic E-state index is -1.49. The molecule has 0 bridgehead atoms. The Morgan fingerprint density at radius 1 is 0.780 bits per heavy atom. The van der Waals surface area contributed by atoms with Crippen LogP contribution in [0.1, 0.15) is 18.1 Å². The van der Waals surface area contributed by atoms with E-state index in [1.807, 2.05) is 60.7 Å². The maximum Gasteiger partial charge on any atom is 0.243 e. The van der Waals surface area contributed by atoms with Gasteiger partial charge in [-0.05, 0) is 54.4 Å². The second kappa shape index (κ2) is 12.2. The number of aromatic nitrogens is 3. The highest BCUT2D eigenvalue weighted by atomic mass is 35.5. The Bertz CT molecular complexity index is 1590. The number of aliphatic hydroxyl groups is 1. The zero-order valence-corrected chi connectivity index (χ0v) is 24.8. The number of nitrogens with zero attached hydrogens (tertiary/aromatic N) is 3. The SMILES string of the molecule is C[C@H](NC(=O)Cn1nc(-c2ccc(Cl)cc2Cl)c(-c2ccc(Cl)cc2Cl)n1)C(O)(c1ccccc1)c1ccccc1. The summed E-state index contributed by atoms with van der Waals surface area (Å²) in [4.78, 5) is 14.6. The second-order valence-corrected chi connectivity index (χ2v) is 11.2. The van der Waals surface area contributed by atoms with Crippen LogP contribution >= 0.6 is 46.4 Å². The first-order chi connectivity index (χ1) is 19.7. The fourth-order valence-corrected chi connectivity index (χ4v) is 5.71. The Balaban J connectivity index is 1.48. The molecule has 10 heteroatoms. The fraction of sp³-hybridized carbons (Fsp3) is 0.129. The Morgan fingerprint density at radius 3 is 1.63 bits per heavy atom. The van der Waals surface area contributed by atoms with Gasteiger partial charge in [0.25, 0.3) is 0 Å². The Kier molecular flexibility index (Phi) is 8.68. The number of benzene rings is 4. The largest absolute Gasteiger partial charge is 0.378 e. The molecule has 0 saturated heterocycles. The molecule has 208 valence electrons. The van der Waals surface area contributed by atoms with E-state index >= 15 is 0 Å². The Hall–Kier alpha value is -3.39. The number of hydrogen-bond donors (Lipinski definition) is 2. The third-order valence-corrected chi connectivity index (χ3v) is 7.84. The van der Waals surface area contributed by atoms with E-state index in [1.54, 1.807) is 43.3 Å². The molecule has 0 unspecified atom stereocenters. The van der Waals surface area contributed by atoms with Crippen molar-refractivity contribution in [1.82, 2.24) is 20.3 Å². The smallest absolute Gasteiger partial charge is 0.243 e. The van der Waals surface area contributed by atoms with Crippen LogP contribution < -0.4 is 5.32 Å². The molecule has 2 N–H and O–H groups in total. The van der Waals surface area contributed by atoms with Crippen LogP contribution in [-0.4, -0.2) is 32.0 Å². The van der Waals surface area contributed by atoms with Crippen LogP contribution in [0.3, 0.4) is 0 Å². The van der Waals surface area contributed by atoms with Crippen LogP contribution in [0.5, 0.6) is 0 Å². The number of amides is 1. The lowest BCUT2D eigenvalue weighted by atomic mass is 9.81. The van der Waals surface area contributed by atoms with Gasteiger partial charge in [0.15, 0.2) is 0 Å². The lowest BCUT2D eigenvalue weighted by Crippen LogP contribution is -2.50. The highest BCUT2D eigenvalue weighted by molar-refractivity contribution is 6.37. The number of rotatable bonds is 8. The van der Waals surface area contributed by atoms with Crippen molar-refractivity contribution in [2.45, 2.75) is 25.1 Å². The van der Waals surface area contributed by atoms with Crippen LogP contribution in [0, 0.1) is 0 Å². The fourth-order valence-electron chi connectivity index (χ4n) is 4.72. The highest BCUT2D eigenvalue weighted by Gasteiger charge is 2.38. The average molecular weight is 626 g/mol. The molecule has 0 radical (unpaired) electrons. The lowest BCUT2D eigenvalue weighted by molar-refractivity contribution is -0.124. The molecule has 1 atom stereocenters. The Labute approximate surface area is 257 Å². The molecular weight excluding hydrogens is 602 g/mol. The number of hydrogen-bond acceptors (Lipinski definition) is 4. The molecule has 1 heterocycles. The van der Waals surface area contributed by atoms with Gasteiger partial charge in [-0.1, -0.05) is 107 Å². The van der Waals surface area contributed by atoms with Crippen molar-refractivity contribution in [3.05, 3.63) is 128 Å². The summed E-state index contributed by atoms with van der Waals surface area (Å²) in [6, 6.07) is 27.8. The van der Waals surface area contributed by atoms with E-state index in [4.69, 9.17) is 46.4 Å². The number of nitrogens with one attached hydrogen (secondary N) is 1. The normalized spacial score (nSPS) is 12.2. The van der Waals surface area contributed by atoms with Crippen molar-refractivity contribution >= 4 is 52.3 Å². The Morgan fingerprint density at radius 2 is 1.22 bits per heavy atom. The first-order valence-electron chi connectivity index (χ1n) is 12.7.